The molecule has 0 radical (unpaired) electrons. The van der Waals surface area contributed by atoms with Gasteiger partial charge < -0.3 is 15.7 Å². The third kappa shape index (κ3) is 7.08. The fourth-order valence-corrected chi connectivity index (χ4v) is 2.96. The molecule has 1 saturated carbocycles. The highest BCUT2D eigenvalue weighted by Gasteiger charge is 2.29. The minimum atomic E-state index is -0.572. The van der Waals surface area contributed by atoms with Crippen molar-refractivity contribution < 1.29 is 5.11 Å². The Hall–Kier alpha value is -0.820. The van der Waals surface area contributed by atoms with Gasteiger partial charge in [-0.3, -0.25) is 0 Å². The molecule has 2 rings (SSSR count). The van der Waals surface area contributed by atoms with Crippen molar-refractivity contribution in [3.63, 3.8) is 0 Å². The summed E-state index contributed by atoms with van der Waals surface area (Å²) in [6.07, 6.45) is 5.25. The van der Waals surface area contributed by atoms with Crippen LogP contribution in [-0.2, 0) is 6.54 Å². The number of nitrogens with zero attached hydrogens (tertiary/aromatic N) is 1. The Kier molecular flexibility index (Phi) is 8.91. The molecule has 0 bridgehead atoms. The predicted molar refractivity (Wildman–Crippen MR) is 107 cm³/mol. The van der Waals surface area contributed by atoms with Crippen molar-refractivity contribution in [3.8, 4) is 0 Å². The molecule has 1 aliphatic rings. The monoisotopic (exact) mass is 431 g/mol. The summed E-state index contributed by atoms with van der Waals surface area (Å²) in [7, 11) is 0. The molecule has 0 unspecified atom stereocenters. The van der Waals surface area contributed by atoms with E-state index in [1.54, 1.807) is 0 Å². The lowest BCUT2D eigenvalue weighted by Crippen LogP contribution is -2.48. The standard InChI is InChI=1S/C18H29N3O.HI/c1-3-19-17(20-13-16-9-7-8-15(2)12-16)21-14-18(22)10-5-4-6-11-18;/h7-9,12,22H,3-6,10-11,13-14H2,1-2H3,(H2,19,20,21);1H. The van der Waals surface area contributed by atoms with Crippen molar-refractivity contribution in [1.82, 2.24) is 10.6 Å². The Morgan fingerprint density at radius 3 is 2.61 bits per heavy atom. The van der Waals surface area contributed by atoms with Gasteiger partial charge >= 0.3 is 0 Å². The number of hydrogen-bond donors (Lipinski definition) is 3. The van der Waals surface area contributed by atoms with Crippen LogP contribution in [0.2, 0.25) is 0 Å². The highest BCUT2D eigenvalue weighted by atomic mass is 127. The van der Waals surface area contributed by atoms with E-state index in [1.807, 2.05) is 0 Å². The summed E-state index contributed by atoms with van der Waals surface area (Å²) in [4.78, 5) is 4.62. The molecule has 23 heavy (non-hydrogen) atoms. The van der Waals surface area contributed by atoms with E-state index >= 15 is 0 Å². The third-order valence-corrected chi connectivity index (χ3v) is 4.22. The number of halogens is 1. The number of aryl methyl sites for hydroxylation is 1. The van der Waals surface area contributed by atoms with Crippen LogP contribution in [0.3, 0.4) is 0 Å². The molecule has 1 aromatic rings. The number of aliphatic imine (C=N–C) groups is 1. The summed E-state index contributed by atoms with van der Waals surface area (Å²) in [5.41, 5.74) is 1.88. The van der Waals surface area contributed by atoms with E-state index in [4.69, 9.17) is 0 Å². The first-order valence-corrected chi connectivity index (χ1v) is 8.41. The highest BCUT2D eigenvalue weighted by molar-refractivity contribution is 14.0. The Morgan fingerprint density at radius 1 is 1.22 bits per heavy atom. The van der Waals surface area contributed by atoms with Gasteiger partial charge in [0.15, 0.2) is 5.96 Å². The van der Waals surface area contributed by atoms with Crippen LogP contribution in [0, 0.1) is 6.92 Å². The lowest BCUT2D eigenvalue weighted by atomic mass is 9.85. The Morgan fingerprint density at radius 2 is 1.96 bits per heavy atom. The molecular weight excluding hydrogens is 401 g/mol. The van der Waals surface area contributed by atoms with Crippen molar-refractivity contribution in [3.05, 3.63) is 35.4 Å². The van der Waals surface area contributed by atoms with E-state index in [0.29, 0.717) is 13.1 Å². The number of nitrogens with one attached hydrogen (secondary N) is 2. The van der Waals surface area contributed by atoms with E-state index in [2.05, 4.69) is 53.7 Å². The molecule has 0 saturated heterocycles. The van der Waals surface area contributed by atoms with Gasteiger partial charge in [-0.2, -0.15) is 0 Å². The average Bonchev–Trinajstić information content (AvgIpc) is 2.51. The first-order valence-electron chi connectivity index (χ1n) is 8.41. The Labute approximate surface area is 157 Å². The molecule has 1 aromatic carbocycles. The fourth-order valence-electron chi connectivity index (χ4n) is 2.96. The summed E-state index contributed by atoms with van der Waals surface area (Å²) in [6.45, 7) is 6.19. The normalized spacial score (nSPS) is 17.3. The van der Waals surface area contributed by atoms with Crippen LogP contribution in [0.1, 0.15) is 50.2 Å². The van der Waals surface area contributed by atoms with E-state index in [9.17, 15) is 5.11 Å². The molecule has 130 valence electrons. The van der Waals surface area contributed by atoms with E-state index < -0.39 is 5.60 Å². The number of rotatable bonds is 5. The molecule has 0 amide bonds. The molecular formula is C18H30IN3O. The lowest BCUT2D eigenvalue weighted by Gasteiger charge is -2.32. The number of guanidine groups is 1. The summed E-state index contributed by atoms with van der Waals surface area (Å²) in [5, 5.41) is 17.1. The SMILES string of the molecule is CCNC(=NCc1cccc(C)c1)NCC1(O)CCCCC1.I. The maximum Gasteiger partial charge on any atom is 0.191 e. The zero-order valence-electron chi connectivity index (χ0n) is 14.3. The van der Waals surface area contributed by atoms with Crippen LogP contribution in [0.25, 0.3) is 0 Å². The first kappa shape index (κ1) is 20.2. The minimum Gasteiger partial charge on any atom is -0.388 e. The van der Waals surface area contributed by atoms with Crippen molar-refractivity contribution in [1.29, 1.82) is 0 Å². The molecule has 0 spiro atoms. The van der Waals surface area contributed by atoms with Crippen LogP contribution >= 0.6 is 24.0 Å². The molecule has 5 heteroatoms. The van der Waals surface area contributed by atoms with Gasteiger partial charge in [-0.1, -0.05) is 49.1 Å². The van der Waals surface area contributed by atoms with Gasteiger partial charge in [-0.05, 0) is 32.3 Å². The average molecular weight is 431 g/mol. The number of hydrogen-bond acceptors (Lipinski definition) is 2. The van der Waals surface area contributed by atoms with E-state index in [-0.39, 0.29) is 24.0 Å². The second-order valence-corrected chi connectivity index (χ2v) is 6.32. The van der Waals surface area contributed by atoms with Gasteiger partial charge in [0.2, 0.25) is 0 Å². The van der Waals surface area contributed by atoms with Gasteiger partial charge in [-0.15, -0.1) is 24.0 Å². The molecule has 0 aliphatic heterocycles. The summed E-state index contributed by atoms with van der Waals surface area (Å²) in [5.74, 6) is 0.781. The van der Waals surface area contributed by atoms with Crippen LogP contribution in [0.4, 0.5) is 0 Å². The van der Waals surface area contributed by atoms with E-state index in [0.717, 1.165) is 38.2 Å². The molecule has 1 aliphatic carbocycles. The second kappa shape index (κ2) is 10.1. The smallest absolute Gasteiger partial charge is 0.191 e. The number of aliphatic hydroxyl groups is 1. The van der Waals surface area contributed by atoms with Gasteiger partial charge in [-0.25, -0.2) is 4.99 Å². The molecule has 0 atom stereocenters. The maximum absolute atomic E-state index is 10.6. The Bertz CT molecular complexity index is 499. The largest absolute Gasteiger partial charge is 0.388 e. The summed E-state index contributed by atoms with van der Waals surface area (Å²) < 4.78 is 0. The molecule has 3 N–H and O–H groups in total. The van der Waals surface area contributed by atoms with Crippen molar-refractivity contribution in [2.45, 2.75) is 58.1 Å². The van der Waals surface area contributed by atoms with Crippen LogP contribution in [0.5, 0.6) is 0 Å². The Balaban J connectivity index is 0.00000264. The number of benzene rings is 1. The zero-order valence-corrected chi connectivity index (χ0v) is 16.6. The van der Waals surface area contributed by atoms with Crippen LogP contribution in [-0.4, -0.2) is 29.8 Å². The van der Waals surface area contributed by atoms with E-state index in [1.165, 1.54) is 17.5 Å². The highest BCUT2D eigenvalue weighted by Crippen LogP contribution is 2.27. The minimum absolute atomic E-state index is 0. The third-order valence-electron chi connectivity index (χ3n) is 4.22. The fraction of sp³-hybridized carbons (Fsp3) is 0.611. The first-order chi connectivity index (χ1) is 10.6. The quantitative estimate of drug-likeness (QED) is 0.381. The van der Waals surface area contributed by atoms with Gasteiger partial charge in [0.05, 0.1) is 12.1 Å². The summed E-state index contributed by atoms with van der Waals surface area (Å²) >= 11 is 0. The molecule has 0 heterocycles. The lowest BCUT2D eigenvalue weighted by molar-refractivity contribution is 0.00859. The van der Waals surface area contributed by atoms with Crippen molar-refractivity contribution in [2.24, 2.45) is 4.99 Å². The van der Waals surface area contributed by atoms with Crippen molar-refractivity contribution >= 4 is 29.9 Å². The van der Waals surface area contributed by atoms with Crippen LogP contribution in [0.15, 0.2) is 29.3 Å². The van der Waals surface area contributed by atoms with Gasteiger partial charge in [0.25, 0.3) is 0 Å². The molecule has 1 fully saturated rings. The van der Waals surface area contributed by atoms with Gasteiger partial charge in [0, 0.05) is 13.1 Å². The summed E-state index contributed by atoms with van der Waals surface area (Å²) in [6, 6.07) is 8.40. The molecule has 0 aromatic heterocycles. The predicted octanol–water partition coefficient (Wildman–Crippen LogP) is 3.36. The topological polar surface area (TPSA) is 56.7 Å². The molecule has 4 nitrogen and oxygen atoms in total. The van der Waals surface area contributed by atoms with Gasteiger partial charge in [0.1, 0.15) is 0 Å². The maximum atomic E-state index is 10.6. The zero-order chi connectivity index (χ0) is 15.8. The van der Waals surface area contributed by atoms with Crippen molar-refractivity contribution in [2.75, 3.05) is 13.1 Å². The second-order valence-electron chi connectivity index (χ2n) is 6.32. The van der Waals surface area contributed by atoms with Crippen LogP contribution < -0.4 is 10.6 Å².